The van der Waals surface area contributed by atoms with Gasteiger partial charge in [0, 0.05) is 31.2 Å². The summed E-state index contributed by atoms with van der Waals surface area (Å²) in [5, 5.41) is 9.48. The van der Waals surface area contributed by atoms with Crippen LogP contribution in [0.5, 0.6) is 0 Å². The van der Waals surface area contributed by atoms with Crippen LogP contribution in [-0.2, 0) is 16.8 Å². The van der Waals surface area contributed by atoms with E-state index in [0.29, 0.717) is 25.6 Å². The monoisotopic (exact) mass is 413 g/mol. The lowest BCUT2D eigenvalue weighted by molar-refractivity contribution is -0.116. The standard InChI is InChI=1S/C23H32FN5O/c1-23(2,18-9-7-10-19(24)13-18)16-27-22(25-3)26-14-17-8-6-11-20(12-17)28-21(30)15-29(4)5/h6-13H,14-16H2,1-5H3,(H,28,30)(H2,25,26,27). The summed E-state index contributed by atoms with van der Waals surface area (Å²) >= 11 is 0. The van der Waals surface area contributed by atoms with Crippen LogP contribution in [0.1, 0.15) is 25.0 Å². The first-order chi connectivity index (χ1) is 14.2. The van der Waals surface area contributed by atoms with E-state index in [1.165, 1.54) is 6.07 Å². The molecule has 0 saturated carbocycles. The number of anilines is 1. The van der Waals surface area contributed by atoms with Crippen LogP contribution in [0, 0.1) is 5.82 Å². The Morgan fingerprint density at radius 1 is 1.10 bits per heavy atom. The molecule has 0 atom stereocenters. The van der Waals surface area contributed by atoms with E-state index in [-0.39, 0.29) is 17.1 Å². The summed E-state index contributed by atoms with van der Waals surface area (Å²) in [5.41, 5.74) is 2.43. The van der Waals surface area contributed by atoms with Gasteiger partial charge in [-0.1, -0.05) is 38.1 Å². The highest BCUT2D eigenvalue weighted by Gasteiger charge is 2.21. The number of guanidine groups is 1. The number of carbonyl (C=O) groups excluding carboxylic acids is 1. The normalized spacial score (nSPS) is 12.0. The number of amides is 1. The minimum atomic E-state index is -0.268. The smallest absolute Gasteiger partial charge is 0.238 e. The molecule has 0 aliphatic carbocycles. The fourth-order valence-electron chi connectivity index (χ4n) is 2.97. The lowest BCUT2D eigenvalue weighted by Crippen LogP contribution is -2.43. The molecule has 0 bridgehead atoms. The molecule has 0 aromatic heterocycles. The number of benzene rings is 2. The average molecular weight is 414 g/mol. The Bertz CT molecular complexity index is 879. The third-order valence-electron chi connectivity index (χ3n) is 4.66. The molecule has 0 saturated heterocycles. The van der Waals surface area contributed by atoms with Crippen molar-refractivity contribution < 1.29 is 9.18 Å². The summed E-state index contributed by atoms with van der Waals surface area (Å²) in [7, 11) is 5.42. The van der Waals surface area contributed by atoms with Crippen molar-refractivity contribution in [1.29, 1.82) is 0 Å². The van der Waals surface area contributed by atoms with Crippen molar-refractivity contribution in [3.8, 4) is 0 Å². The van der Waals surface area contributed by atoms with Crippen LogP contribution in [0.3, 0.4) is 0 Å². The summed E-state index contributed by atoms with van der Waals surface area (Å²) < 4.78 is 13.6. The number of nitrogens with zero attached hydrogens (tertiary/aromatic N) is 2. The molecule has 162 valence electrons. The number of halogens is 1. The zero-order valence-electron chi connectivity index (χ0n) is 18.4. The van der Waals surface area contributed by atoms with Crippen LogP contribution in [-0.4, -0.2) is 51.0 Å². The molecule has 1 amide bonds. The Balaban J connectivity index is 1.91. The summed E-state index contributed by atoms with van der Waals surface area (Å²) in [6.45, 7) is 5.60. The third kappa shape index (κ3) is 7.48. The first kappa shape index (κ1) is 23.3. The van der Waals surface area contributed by atoms with Gasteiger partial charge in [-0.15, -0.1) is 0 Å². The Morgan fingerprint density at radius 2 is 1.83 bits per heavy atom. The van der Waals surface area contributed by atoms with Gasteiger partial charge in [0.15, 0.2) is 5.96 Å². The number of carbonyl (C=O) groups is 1. The van der Waals surface area contributed by atoms with Gasteiger partial charge in [0.2, 0.25) is 5.91 Å². The van der Waals surface area contributed by atoms with Gasteiger partial charge in [-0.05, 0) is 49.5 Å². The first-order valence-corrected chi connectivity index (χ1v) is 9.94. The number of likely N-dealkylation sites (N-methyl/N-ethyl adjacent to an activating group) is 1. The van der Waals surface area contributed by atoms with Crippen molar-refractivity contribution in [3.63, 3.8) is 0 Å². The first-order valence-electron chi connectivity index (χ1n) is 9.94. The van der Waals surface area contributed by atoms with E-state index in [4.69, 9.17) is 0 Å². The van der Waals surface area contributed by atoms with Crippen LogP contribution in [0.4, 0.5) is 10.1 Å². The molecule has 0 aliphatic heterocycles. The maximum atomic E-state index is 13.6. The molecule has 2 rings (SSSR count). The van der Waals surface area contributed by atoms with Crippen molar-refractivity contribution in [1.82, 2.24) is 15.5 Å². The number of hydrogen-bond donors (Lipinski definition) is 3. The van der Waals surface area contributed by atoms with Gasteiger partial charge >= 0.3 is 0 Å². The molecule has 2 aromatic rings. The molecule has 0 fully saturated rings. The summed E-state index contributed by atoms with van der Waals surface area (Å²) in [5.74, 6) is 0.365. The van der Waals surface area contributed by atoms with Crippen LogP contribution >= 0.6 is 0 Å². The molecule has 0 heterocycles. The van der Waals surface area contributed by atoms with E-state index in [1.807, 2.05) is 49.3 Å². The predicted molar refractivity (Wildman–Crippen MR) is 121 cm³/mol. The quantitative estimate of drug-likeness (QED) is 0.460. The van der Waals surface area contributed by atoms with E-state index >= 15 is 0 Å². The van der Waals surface area contributed by atoms with Crippen LogP contribution < -0.4 is 16.0 Å². The van der Waals surface area contributed by atoms with Crippen molar-refractivity contribution >= 4 is 17.6 Å². The van der Waals surface area contributed by atoms with Gasteiger partial charge in [0.1, 0.15) is 5.82 Å². The molecule has 0 spiro atoms. The van der Waals surface area contributed by atoms with Gasteiger partial charge in [0.25, 0.3) is 0 Å². The van der Waals surface area contributed by atoms with Crippen molar-refractivity contribution in [2.24, 2.45) is 4.99 Å². The van der Waals surface area contributed by atoms with E-state index in [0.717, 1.165) is 16.8 Å². The Morgan fingerprint density at radius 3 is 2.50 bits per heavy atom. The number of aliphatic imine (C=N–C) groups is 1. The molecule has 2 aromatic carbocycles. The van der Waals surface area contributed by atoms with Crippen molar-refractivity contribution in [2.45, 2.75) is 25.8 Å². The second-order valence-electron chi connectivity index (χ2n) is 8.16. The second kappa shape index (κ2) is 10.7. The van der Waals surface area contributed by atoms with E-state index in [2.05, 4.69) is 34.8 Å². The zero-order chi connectivity index (χ0) is 22.1. The fourth-order valence-corrected chi connectivity index (χ4v) is 2.97. The topological polar surface area (TPSA) is 68.8 Å². The fraction of sp³-hybridized carbons (Fsp3) is 0.391. The maximum Gasteiger partial charge on any atom is 0.238 e. The van der Waals surface area contributed by atoms with Crippen molar-refractivity contribution in [3.05, 3.63) is 65.5 Å². The minimum Gasteiger partial charge on any atom is -0.356 e. The maximum absolute atomic E-state index is 13.6. The van der Waals surface area contributed by atoms with Crippen LogP contribution in [0.2, 0.25) is 0 Å². The highest BCUT2D eigenvalue weighted by atomic mass is 19.1. The Labute approximate surface area is 178 Å². The number of hydrogen-bond acceptors (Lipinski definition) is 3. The van der Waals surface area contributed by atoms with E-state index in [9.17, 15) is 9.18 Å². The zero-order valence-corrected chi connectivity index (χ0v) is 18.4. The van der Waals surface area contributed by atoms with Crippen LogP contribution in [0.25, 0.3) is 0 Å². The van der Waals surface area contributed by atoms with Gasteiger partial charge in [0.05, 0.1) is 6.54 Å². The molecule has 0 aliphatic rings. The highest BCUT2D eigenvalue weighted by molar-refractivity contribution is 5.92. The SMILES string of the molecule is CN=C(NCc1cccc(NC(=O)CN(C)C)c1)NCC(C)(C)c1cccc(F)c1. The van der Waals surface area contributed by atoms with Gasteiger partial charge in [-0.25, -0.2) is 4.39 Å². The molecule has 0 unspecified atom stereocenters. The predicted octanol–water partition coefficient (Wildman–Crippen LogP) is 2.97. The van der Waals surface area contributed by atoms with Crippen LogP contribution in [0.15, 0.2) is 53.5 Å². The Hall–Kier alpha value is -2.93. The lowest BCUT2D eigenvalue weighted by Gasteiger charge is -2.27. The summed E-state index contributed by atoms with van der Waals surface area (Å²) in [4.78, 5) is 18.0. The number of rotatable bonds is 8. The Kier molecular flexibility index (Phi) is 8.35. The molecular formula is C23H32FN5O. The molecular weight excluding hydrogens is 381 g/mol. The lowest BCUT2D eigenvalue weighted by atomic mass is 9.84. The highest BCUT2D eigenvalue weighted by Crippen LogP contribution is 2.22. The van der Waals surface area contributed by atoms with Gasteiger partial charge in [-0.3, -0.25) is 9.79 Å². The van der Waals surface area contributed by atoms with E-state index in [1.54, 1.807) is 19.2 Å². The number of nitrogens with one attached hydrogen (secondary N) is 3. The largest absolute Gasteiger partial charge is 0.356 e. The van der Waals surface area contributed by atoms with E-state index < -0.39 is 0 Å². The third-order valence-corrected chi connectivity index (χ3v) is 4.66. The summed E-state index contributed by atoms with van der Waals surface area (Å²) in [6, 6.07) is 14.4. The molecule has 7 heteroatoms. The second-order valence-corrected chi connectivity index (χ2v) is 8.16. The van der Waals surface area contributed by atoms with Gasteiger partial charge < -0.3 is 20.9 Å². The van der Waals surface area contributed by atoms with Gasteiger partial charge in [-0.2, -0.15) is 0 Å². The van der Waals surface area contributed by atoms with Crippen molar-refractivity contribution in [2.75, 3.05) is 39.5 Å². The molecule has 30 heavy (non-hydrogen) atoms. The average Bonchev–Trinajstić information content (AvgIpc) is 2.67. The summed E-state index contributed by atoms with van der Waals surface area (Å²) in [6.07, 6.45) is 0. The molecule has 0 radical (unpaired) electrons. The molecule has 3 N–H and O–H groups in total. The minimum absolute atomic E-state index is 0.0536. The molecule has 6 nitrogen and oxygen atoms in total.